The fourth-order valence-electron chi connectivity index (χ4n) is 1.60. The number of carboxylic acids is 1. The van der Waals surface area contributed by atoms with Gasteiger partial charge in [-0.25, -0.2) is 0 Å². The molecule has 0 aromatic carbocycles. The van der Waals surface area contributed by atoms with Crippen molar-refractivity contribution in [2.24, 2.45) is 5.73 Å². The lowest BCUT2D eigenvalue weighted by atomic mass is 9.93. The van der Waals surface area contributed by atoms with E-state index in [0.717, 1.165) is 10.4 Å². The van der Waals surface area contributed by atoms with Gasteiger partial charge < -0.3 is 10.8 Å². The van der Waals surface area contributed by atoms with Crippen molar-refractivity contribution in [3.63, 3.8) is 0 Å². The zero-order chi connectivity index (χ0) is 11.5. The molecule has 84 valence electrons. The van der Waals surface area contributed by atoms with Crippen LogP contribution in [0, 0.1) is 0 Å². The van der Waals surface area contributed by atoms with Crippen LogP contribution in [0.5, 0.6) is 0 Å². The molecule has 2 aromatic rings. The normalized spacial score (nSPS) is 14.6. The minimum atomic E-state index is -0.876. The number of hydrogen-bond acceptors (Lipinski definition) is 4. The average molecular weight is 253 g/mol. The molecule has 0 bridgehead atoms. The highest BCUT2D eigenvalue weighted by Crippen LogP contribution is 2.32. The van der Waals surface area contributed by atoms with Crippen molar-refractivity contribution in [3.05, 3.63) is 44.8 Å². The molecule has 2 atom stereocenters. The first-order chi connectivity index (χ1) is 7.70. The van der Waals surface area contributed by atoms with Crippen LogP contribution in [0.2, 0.25) is 0 Å². The number of hydrogen-bond donors (Lipinski definition) is 2. The van der Waals surface area contributed by atoms with Crippen molar-refractivity contribution in [3.8, 4) is 0 Å². The van der Waals surface area contributed by atoms with Crippen LogP contribution < -0.4 is 5.73 Å². The second-order valence-electron chi connectivity index (χ2n) is 3.41. The van der Waals surface area contributed by atoms with Gasteiger partial charge in [0.1, 0.15) is 5.92 Å². The fraction of sp³-hybridized carbons (Fsp3) is 0.182. The van der Waals surface area contributed by atoms with Gasteiger partial charge in [-0.3, -0.25) is 4.79 Å². The number of rotatable bonds is 4. The molecule has 5 heteroatoms. The Kier molecular flexibility index (Phi) is 3.38. The maximum Gasteiger partial charge on any atom is 0.312 e. The van der Waals surface area contributed by atoms with Gasteiger partial charge in [0, 0.05) is 4.88 Å². The summed E-state index contributed by atoms with van der Waals surface area (Å²) in [5.41, 5.74) is 6.79. The highest BCUT2D eigenvalue weighted by Gasteiger charge is 2.29. The van der Waals surface area contributed by atoms with E-state index in [1.807, 2.05) is 34.3 Å². The minimum absolute atomic E-state index is 0.480. The van der Waals surface area contributed by atoms with Gasteiger partial charge in [0.25, 0.3) is 0 Å². The Balaban J connectivity index is 2.31. The van der Waals surface area contributed by atoms with Gasteiger partial charge in [-0.15, -0.1) is 11.3 Å². The van der Waals surface area contributed by atoms with E-state index in [1.165, 1.54) is 22.7 Å². The molecule has 0 radical (unpaired) electrons. The second-order valence-corrected chi connectivity index (χ2v) is 5.17. The maximum atomic E-state index is 11.3. The van der Waals surface area contributed by atoms with Crippen molar-refractivity contribution in [2.75, 3.05) is 0 Å². The SMILES string of the molecule is NC(c1cccs1)C(C(=O)O)c1ccsc1. The van der Waals surface area contributed by atoms with Gasteiger partial charge in [0.2, 0.25) is 0 Å². The average Bonchev–Trinajstić information content (AvgIpc) is 2.89. The van der Waals surface area contributed by atoms with Crippen LogP contribution in [0.1, 0.15) is 22.4 Å². The predicted molar refractivity (Wildman–Crippen MR) is 65.9 cm³/mol. The largest absolute Gasteiger partial charge is 0.481 e. The Labute approximate surface area is 101 Å². The molecule has 3 nitrogen and oxygen atoms in total. The van der Waals surface area contributed by atoms with Gasteiger partial charge >= 0.3 is 5.97 Å². The minimum Gasteiger partial charge on any atom is -0.481 e. The van der Waals surface area contributed by atoms with Crippen molar-refractivity contribution in [2.45, 2.75) is 12.0 Å². The Morgan fingerprint density at radius 1 is 1.38 bits per heavy atom. The lowest BCUT2D eigenvalue weighted by Crippen LogP contribution is -2.25. The van der Waals surface area contributed by atoms with Crippen molar-refractivity contribution in [1.29, 1.82) is 0 Å². The molecule has 0 saturated heterocycles. The monoisotopic (exact) mass is 253 g/mol. The lowest BCUT2D eigenvalue weighted by molar-refractivity contribution is -0.139. The molecular formula is C11H11NO2S2. The van der Waals surface area contributed by atoms with Crippen LogP contribution in [0.4, 0.5) is 0 Å². The first kappa shape index (κ1) is 11.3. The van der Waals surface area contributed by atoms with Crippen LogP contribution in [-0.4, -0.2) is 11.1 Å². The molecule has 0 saturated carbocycles. The summed E-state index contributed by atoms with van der Waals surface area (Å²) in [6.07, 6.45) is 0. The number of nitrogens with two attached hydrogens (primary N) is 1. The van der Waals surface area contributed by atoms with Crippen LogP contribution in [0.3, 0.4) is 0 Å². The molecule has 2 aromatic heterocycles. The van der Waals surface area contributed by atoms with Gasteiger partial charge in [-0.05, 0) is 33.8 Å². The molecule has 0 aliphatic rings. The van der Waals surface area contributed by atoms with Crippen molar-refractivity contribution >= 4 is 28.6 Å². The van der Waals surface area contributed by atoms with E-state index in [1.54, 1.807) is 0 Å². The molecule has 16 heavy (non-hydrogen) atoms. The van der Waals surface area contributed by atoms with E-state index in [9.17, 15) is 9.90 Å². The Bertz CT molecular complexity index is 450. The number of aliphatic carboxylic acids is 1. The molecule has 0 aliphatic carbocycles. The first-order valence-electron chi connectivity index (χ1n) is 4.74. The summed E-state index contributed by atoms with van der Waals surface area (Å²) >= 11 is 2.97. The lowest BCUT2D eigenvalue weighted by Gasteiger charge is -2.17. The highest BCUT2D eigenvalue weighted by molar-refractivity contribution is 7.10. The van der Waals surface area contributed by atoms with E-state index in [0.29, 0.717) is 0 Å². The molecule has 3 N–H and O–H groups in total. The summed E-state index contributed by atoms with van der Waals surface area (Å²) in [4.78, 5) is 12.2. The summed E-state index contributed by atoms with van der Waals surface area (Å²) in [7, 11) is 0. The first-order valence-corrected chi connectivity index (χ1v) is 6.56. The van der Waals surface area contributed by atoms with Gasteiger partial charge in [0.15, 0.2) is 0 Å². The third kappa shape index (κ3) is 2.16. The molecule has 0 fully saturated rings. The summed E-state index contributed by atoms with van der Waals surface area (Å²) in [5.74, 6) is -1.54. The summed E-state index contributed by atoms with van der Waals surface area (Å²) < 4.78 is 0. The highest BCUT2D eigenvalue weighted by atomic mass is 32.1. The number of carboxylic acid groups (broad SMARTS) is 1. The van der Waals surface area contributed by atoms with Crippen LogP contribution in [-0.2, 0) is 4.79 Å². The molecule has 0 amide bonds. The van der Waals surface area contributed by atoms with E-state index >= 15 is 0 Å². The summed E-state index contributed by atoms with van der Waals surface area (Å²) in [6, 6.07) is 5.09. The van der Waals surface area contributed by atoms with Crippen LogP contribution >= 0.6 is 22.7 Å². The molecular weight excluding hydrogens is 242 g/mol. The third-order valence-corrected chi connectivity index (χ3v) is 4.07. The van der Waals surface area contributed by atoms with Crippen molar-refractivity contribution in [1.82, 2.24) is 0 Å². The number of carbonyl (C=O) groups is 1. The van der Waals surface area contributed by atoms with E-state index < -0.39 is 17.9 Å². The molecule has 2 heterocycles. The molecule has 0 aliphatic heterocycles. The third-order valence-electron chi connectivity index (χ3n) is 2.40. The van der Waals surface area contributed by atoms with Gasteiger partial charge in [0.05, 0.1) is 6.04 Å². The fourth-order valence-corrected chi connectivity index (χ4v) is 3.06. The topological polar surface area (TPSA) is 63.3 Å². The smallest absolute Gasteiger partial charge is 0.312 e. The van der Waals surface area contributed by atoms with E-state index in [4.69, 9.17) is 5.73 Å². The summed E-state index contributed by atoms with van der Waals surface area (Å²) in [6.45, 7) is 0. The maximum absolute atomic E-state index is 11.3. The second kappa shape index (κ2) is 4.78. The van der Waals surface area contributed by atoms with Crippen LogP contribution in [0.15, 0.2) is 34.3 Å². The van der Waals surface area contributed by atoms with E-state index in [2.05, 4.69) is 0 Å². The van der Waals surface area contributed by atoms with Crippen molar-refractivity contribution < 1.29 is 9.90 Å². The zero-order valence-electron chi connectivity index (χ0n) is 8.37. The molecule has 2 unspecified atom stereocenters. The zero-order valence-corrected chi connectivity index (χ0v) is 10.0. The van der Waals surface area contributed by atoms with Gasteiger partial charge in [-0.1, -0.05) is 6.07 Å². The summed E-state index contributed by atoms with van der Waals surface area (Å²) in [5, 5.41) is 14.9. The number of thiophene rings is 2. The Hall–Kier alpha value is -1.17. The predicted octanol–water partition coefficient (Wildman–Crippen LogP) is 2.68. The Morgan fingerprint density at radius 2 is 2.19 bits per heavy atom. The molecule has 2 rings (SSSR count). The van der Waals surface area contributed by atoms with E-state index in [-0.39, 0.29) is 0 Å². The molecule has 0 spiro atoms. The van der Waals surface area contributed by atoms with Crippen LogP contribution in [0.25, 0.3) is 0 Å². The Morgan fingerprint density at radius 3 is 2.69 bits per heavy atom. The van der Waals surface area contributed by atoms with Gasteiger partial charge in [-0.2, -0.15) is 11.3 Å². The standard InChI is InChI=1S/C11H11NO2S2/c12-10(8-2-1-4-16-8)9(11(13)14)7-3-5-15-6-7/h1-6,9-10H,12H2,(H,13,14). The quantitative estimate of drug-likeness (QED) is 0.880.